The molecule has 1 saturated heterocycles. The molecule has 2 fully saturated rings. The minimum Gasteiger partial charge on any atom is -0.492 e. The Kier molecular flexibility index (Phi) is 8.83. The van der Waals surface area contributed by atoms with E-state index in [1.165, 1.54) is 44.2 Å². The molecule has 1 N–H and O–H groups in total. The molecule has 2 aliphatic rings. The first-order chi connectivity index (χ1) is 20.0. The number of rotatable bonds is 9. The molecular weight excluding hydrogens is 533 g/mol. The number of nitrogens with zero attached hydrogens (tertiary/aromatic N) is 3. The van der Waals surface area contributed by atoms with Crippen LogP contribution in [0.2, 0.25) is 0 Å². The Hall–Kier alpha value is -3.52. The third-order valence-corrected chi connectivity index (χ3v) is 8.50. The fourth-order valence-electron chi connectivity index (χ4n) is 6.44. The van der Waals surface area contributed by atoms with Crippen LogP contribution in [-0.2, 0) is 16.0 Å². The lowest BCUT2D eigenvalue weighted by Crippen LogP contribution is -2.33. The van der Waals surface area contributed by atoms with Crippen molar-refractivity contribution in [2.75, 3.05) is 24.6 Å². The lowest BCUT2D eigenvalue weighted by atomic mass is 9.73. The smallest absolute Gasteiger partial charge is 0.337 e. The highest BCUT2D eigenvalue weighted by atomic mass is 19.1. The van der Waals surface area contributed by atoms with Crippen molar-refractivity contribution >= 4 is 11.7 Å². The van der Waals surface area contributed by atoms with Gasteiger partial charge in [0.15, 0.2) is 6.10 Å². The number of anilines is 1. The van der Waals surface area contributed by atoms with Crippen LogP contribution in [0.25, 0.3) is 11.3 Å². The molecule has 1 aromatic carbocycles. The predicted molar refractivity (Wildman–Crippen MR) is 161 cm³/mol. The summed E-state index contributed by atoms with van der Waals surface area (Å²) in [5.74, 6) is -0.655. The van der Waals surface area contributed by atoms with E-state index >= 15 is 0 Å². The summed E-state index contributed by atoms with van der Waals surface area (Å²) < 4.78 is 25.3. The molecule has 0 amide bonds. The number of halogens is 1. The number of aromatic nitrogens is 2. The molecule has 3 aromatic rings. The zero-order chi connectivity index (χ0) is 29.9. The normalized spacial score (nSPS) is 17.4. The second-order valence-electron chi connectivity index (χ2n) is 12.8. The molecule has 224 valence electrons. The van der Waals surface area contributed by atoms with Gasteiger partial charge in [0.05, 0.1) is 29.8 Å². The van der Waals surface area contributed by atoms with Crippen LogP contribution in [-0.4, -0.2) is 46.3 Å². The number of hydrogen-bond acceptors (Lipinski definition) is 6. The van der Waals surface area contributed by atoms with Gasteiger partial charge < -0.3 is 19.5 Å². The fraction of sp³-hybridized carbons (Fsp3) is 0.500. The Morgan fingerprint density at radius 3 is 2.43 bits per heavy atom. The molecule has 1 aliphatic heterocycles. The van der Waals surface area contributed by atoms with Crippen molar-refractivity contribution in [1.82, 2.24) is 9.97 Å². The van der Waals surface area contributed by atoms with Crippen LogP contribution in [0.15, 0.2) is 48.8 Å². The summed E-state index contributed by atoms with van der Waals surface area (Å²) >= 11 is 0. The Balaban J connectivity index is 1.47. The van der Waals surface area contributed by atoms with Gasteiger partial charge in [0, 0.05) is 42.5 Å². The topological polar surface area (TPSA) is 84.8 Å². The van der Waals surface area contributed by atoms with Crippen LogP contribution in [0.4, 0.5) is 10.1 Å². The third kappa shape index (κ3) is 6.92. The molecule has 8 heteroatoms. The van der Waals surface area contributed by atoms with E-state index in [1.807, 2.05) is 46.0 Å². The number of benzene rings is 1. The van der Waals surface area contributed by atoms with Gasteiger partial charge in [-0.25, -0.2) is 9.18 Å². The summed E-state index contributed by atoms with van der Waals surface area (Å²) in [6.07, 6.45) is 10.3. The summed E-state index contributed by atoms with van der Waals surface area (Å²) in [6.45, 7) is 9.67. The Morgan fingerprint density at radius 2 is 1.79 bits per heavy atom. The van der Waals surface area contributed by atoms with E-state index < -0.39 is 17.7 Å². The van der Waals surface area contributed by atoms with Crippen LogP contribution in [0.3, 0.4) is 0 Å². The van der Waals surface area contributed by atoms with Gasteiger partial charge in [-0.15, -0.1) is 0 Å². The Morgan fingerprint density at radius 1 is 1.05 bits per heavy atom. The van der Waals surface area contributed by atoms with Crippen molar-refractivity contribution in [2.24, 2.45) is 5.41 Å². The molecule has 5 rings (SSSR count). The lowest BCUT2D eigenvalue weighted by molar-refractivity contribution is -0.160. The third-order valence-electron chi connectivity index (χ3n) is 8.50. The zero-order valence-electron chi connectivity index (χ0n) is 25.2. The van der Waals surface area contributed by atoms with Crippen molar-refractivity contribution in [1.29, 1.82) is 0 Å². The van der Waals surface area contributed by atoms with Gasteiger partial charge in [-0.1, -0.05) is 31.4 Å². The van der Waals surface area contributed by atoms with E-state index in [2.05, 4.69) is 9.88 Å². The quantitative estimate of drug-likeness (QED) is 0.286. The molecule has 0 bridgehead atoms. The average Bonchev–Trinajstić information content (AvgIpc) is 3.35. The number of ether oxygens (including phenoxy) is 2. The Bertz CT molecular complexity index is 1380. The second kappa shape index (κ2) is 12.4. The van der Waals surface area contributed by atoms with E-state index in [1.54, 1.807) is 18.3 Å². The van der Waals surface area contributed by atoms with Crippen LogP contribution in [0.1, 0.15) is 82.2 Å². The summed E-state index contributed by atoms with van der Waals surface area (Å²) in [4.78, 5) is 24.5. The largest absolute Gasteiger partial charge is 0.492 e. The molecule has 0 radical (unpaired) electrons. The van der Waals surface area contributed by atoms with E-state index in [9.17, 15) is 14.3 Å². The van der Waals surface area contributed by atoms with Crippen molar-refractivity contribution in [3.8, 4) is 17.0 Å². The predicted octanol–water partition coefficient (Wildman–Crippen LogP) is 7.31. The van der Waals surface area contributed by atoms with Gasteiger partial charge in [-0.05, 0) is 82.2 Å². The van der Waals surface area contributed by atoms with E-state index in [4.69, 9.17) is 14.5 Å². The van der Waals surface area contributed by atoms with Crippen LogP contribution in [0.5, 0.6) is 5.75 Å². The standard InChI is InChI=1S/C34H42FN3O4/c1-23-29(31(32(39)40)42-33(2,3)4)30(38-18-17-34(22-38)15-6-5-7-16-34)27(21-36-23)28-13-12-26(20-37-28)41-19-14-24-8-10-25(35)11-9-24/h8-13,20-21,31H,5-7,14-19,22H2,1-4H3,(H,39,40)/t31-/m0/s1. The molecule has 3 heterocycles. The molecule has 1 saturated carbocycles. The maximum absolute atomic E-state index is 13.2. The van der Waals surface area contributed by atoms with Gasteiger partial charge in [0.1, 0.15) is 11.6 Å². The zero-order valence-corrected chi connectivity index (χ0v) is 25.2. The van der Waals surface area contributed by atoms with Crippen LogP contribution < -0.4 is 9.64 Å². The van der Waals surface area contributed by atoms with E-state index in [0.29, 0.717) is 35.7 Å². The molecule has 1 spiro atoms. The van der Waals surface area contributed by atoms with E-state index in [-0.39, 0.29) is 11.2 Å². The molecular formula is C34H42FN3O4. The number of carboxylic acid groups (broad SMARTS) is 1. The van der Waals surface area contributed by atoms with Gasteiger partial charge >= 0.3 is 5.97 Å². The molecule has 1 aliphatic carbocycles. The Labute approximate surface area is 248 Å². The highest BCUT2D eigenvalue weighted by Crippen LogP contribution is 2.48. The van der Waals surface area contributed by atoms with Crippen molar-refractivity contribution in [2.45, 2.75) is 84.3 Å². The summed E-state index contributed by atoms with van der Waals surface area (Å²) in [7, 11) is 0. The van der Waals surface area contributed by atoms with Gasteiger partial charge in [-0.2, -0.15) is 0 Å². The van der Waals surface area contributed by atoms with Crippen molar-refractivity contribution < 1.29 is 23.8 Å². The summed E-state index contributed by atoms with van der Waals surface area (Å²) in [5.41, 5.74) is 4.21. The second-order valence-corrected chi connectivity index (χ2v) is 12.8. The fourth-order valence-corrected chi connectivity index (χ4v) is 6.44. The summed E-state index contributed by atoms with van der Waals surface area (Å²) in [6, 6.07) is 10.2. The SMILES string of the molecule is Cc1ncc(-c2ccc(OCCc3ccc(F)cc3)cn2)c(N2CCC3(CCCCC3)C2)c1[C@H](OC(C)(C)C)C(=O)O. The number of carboxylic acids is 1. The highest BCUT2D eigenvalue weighted by molar-refractivity contribution is 5.85. The maximum atomic E-state index is 13.2. The number of hydrogen-bond donors (Lipinski definition) is 1. The van der Waals surface area contributed by atoms with Gasteiger partial charge in [0.2, 0.25) is 0 Å². The van der Waals surface area contributed by atoms with E-state index in [0.717, 1.165) is 36.3 Å². The van der Waals surface area contributed by atoms with Crippen molar-refractivity contribution in [3.63, 3.8) is 0 Å². The van der Waals surface area contributed by atoms with Gasteiger partial charge in [0.25, 0.3) is 0 Å². The lowest BCUT2D eigenvalue weighted by Gasteiger charge is -2.35. The number of aliphatic carboxylic acids is 1. The monoisotopic (exact) mass is 575 g/mol. The minimum absolute atomic E-state index is 0.255. The number of carbonyl (C=O) groups is 1. The molecule has 2 aromatic heterocycles. The molecule has 42 heavy (non-hydrogen) atoms. The maximum Gasteiger partial charge on any atom is 0.337 e. The van der Waals surface area contributed by atoms with Crippen molar-refractivity contribution in [3.05, 3.63) is 71.4 Å². The number of aryl methyl sites for hydroxylation is 1. The molecule has 1 atom stereocenters. The summed E-state index contributed by atoms with van der Waals surface area (Å²) in [5, 5.41) is 10.4. The number of pyridine rings is 2. The minimum atomic E-state index is -1.16. The first-order valence-electron chi connectivity index (χ1n) is 15.0. The van der Waals surface area contributed by atoms with Crippen LogP contribution >= 0.6 is 0 Å². The first kappa shape index (κ1) is 30.0. The first-order valence-corrected chi connectivity index (χ1v) is 15.0. The van der Waals surface area contributed by atoms with Gasteiger partial charge in [-0.3, -0.25) is 9.97 Å². The highest BCUT2D eigenvalue weighted by Gasteiger charge is 2.42. The molecule has 7 nitrogen and oxygen atoms in total. The molecule has 0 unspecified atom stereocenters. The van der Waals surface area contributed by atoms with Crippen LogP contribution in [0, 0.1) is 18.2 Å². The average molecular weight is 576 g/mol.